The Hall–Kier alpha value is -9.94. The van der Waals surface area contributed by atoms with E-state index >= 15 is 0 Å². The molecule has 12 rings (SSSR count). The monoisotopic (exact) mass is 1090 g/mol. The van der Waals surface area contributed by atoms with Gasteiger partial charge in [-0.15, -0.1) is 0 Å². The summed E-state index contributed by atoms with van der Waals surface area (Å²) in [7, 11) is 0. The minimum Gasteiger partial charge on any atom is -0.309 e. The topological polar surface area (TPSA) is 81.0 Å². The number of fused-ring (bicyclic) bond motifs is 6. The summed E-state index contributed by atoms with van der Waals surface area (Å²) in [6.45, 7) is 43.1. The highest BCUT2D eigenvalue weighted by molar-refractivity contribution is 6.12. The van der Waals surface area contributed by atoms with Crippen LogP contribution in [0, 0.1) is 24.5 Å². The average molecular weight is 1090 g/mol. The van der Waals surface area contributed by atoms with Crippen LogP contribution < -0.4 is 0 Å². The molecule has 0 saturated heterocycles. The summed E-state index contributed by atoms with van der Waals surface area (Å²) in [5.41, 5.74) is 17.8. The Kier molecular flexibility index (Phi) is 13.1. The molecule has 0 saturated carbocycles. The van der Waals surface area contributed by atoms with Crippen LogP contribution in [0.4, 0.5) is 11.4 Å². The van der Waals surface area contributed by atoms with Crippen molar-refractivity contribution in [2.75, 3.05) is 0 Å². The lowest BCUT2D eigenvalue weighted by Crippen LogP contribution is -2.17. The van der Waals surface area contributed by atoms with Crippen LogP contribution in [0.1, 0.15) is 111 Å². The summed E-state index contributed by atoms with van der Waals surface area (Å²) in [5.74, 6) is 1.70. The Morgan fingerprint density at radius 3 is 1.33 bits per heavy atom. The van der Waals surface area contributed by atoms with Crippen molar-refractivity contribution in [1.82, 2.24) is 24.1 Å². The fourth-order valence-corrected chi connectivity index (χ4v) is 11.6. The van der Waals surface area contributed by atoms with E-state index in [0.717, 1.165) is 93.9 Å². The van der Waals surface area contributed by atoms with Crippen LogP contribution in [0.15, 0.2) is 182 Å². The van der Waals surface area contributed by atoms with Crippen molar-refractivity contribution in [2.24, 2.45) is 0 Å². The number of rotatable bonds is 7. The molecule has 0 atom stereocenters. The molecule has 0 fully saturated rings. The highest BCUT2D eigenvalue weighted by Crippen LogP contribution is 2.45. The van der Waals surface area contributed by atoms with E-state index in [4.69, 9.17) is 28.1 Å². The summed E-state index contributed by atoms with van der Waals surface area (Å²) in [4.78, 5) is 24.3. The van der Waals surface area contributed by atoms with Gasteiger partial charge in [0.25, 0.3) is 0 Å². The average Bonchev–Trinajstić information content (AvgIpc) is 1.96. The second-order valence-electron chi connectivity index (χ2n) is 26.4. The first-order valence-corrected chi connectivity index (χ1v) is 28.7. The van der Waals surface area contributed by atoms with Crippen LogP contribution in [0.2, 0.25) is 0 Å². The van der Waals surface area contributed by atoms with Crippen LogP contribution in [0.25, 0.3) is 121 Å². The number of benzene rings is 9. The molecule has 0 aliphatic carbocycles. The van der Waals surface area contributed by atoms with E-state index in [0.29, 0.717) is 34.4 Å². The Morgan fingerprint density at radius 2 is 0.810 bits per heavy atom. The van der Waals surface area contributed by atoms with Gasteiger partial charge in [-0.05, 0) is 157 Å². The molecule has 0 bridgehead atoms. The van der Waals surface area contributed by atoms with Crippen LogP contribution in [-0.2, 0) is 21.7 Å². The van der Waals surface area contributed by atoms with Gasteiger partial charge in [-0.1, -0.05) is 168 Å². The molecule has 3 heterocycles. The standard InChI is InChI=1S/C76H66N8/c1-73(2,3)52-35-50(36-53(42-52)74(4,5)6)71-80-70(81-72(82-71)51-37-54(75(7,8)9)43-55(38-51)76(10,11)12)49-28-32-67(83-64-24-17-15-22-58(64)61-34-46(45-77)26-31-66(61)83)62(40-49)60-30-27-48(47-20-19-21-56(39-47)78-13)41-69(60)84-65-25-18-16-23-59(65)63-44-57(79-14)29-33-68(63)84/h15-44H,1-12H3. The largest absolute Gasteiger partial charge is 0.309 e. The Labute approximate surface area is 493 Å². The number of para-hydroxylation sites is 2. The van der Waals surface area contributed by atoms with Gasteiger partial charge in [-0.25, -0.2) is 24.6 Å². The third-order valence-corrected chi connectivity index (χ3v) is 16.4. The zero-order valence-corrected chi connectivity index (χ0v) is 49.9. The number of aromatic nitrogens is 5. The molecule has 0 N–H and O–H groups in total. The fourth-order valence-electron chi connectivity index (χ4n) is 11.6. The molecule has 0 unspecified atom stereocenters. The van der Waals surface area contributed by atoms with Crippen molar-refractivity contribution in [2.45, 2.75) is 105 Å². The van der Waals surface area contributed by atoms with E-state index < -0.39 is 0 Å². The zero-order valence-electron chi connectivity index (χ0n) is 49.9. The molecule has 9 aromatic carbocycles. The minimum absolute atomic E-state index is 0.159. The molecule has 84 heavy (non-hydrogen) atoms. The summed E-state index contributed by atoms with van der Waals surface area (Å²) in [6.07, 6.45) is 0. The first-order valence-electron chi connectivity index (χ1n) is 28.7. The van der Waals surface area contributed by atoms with E-state index in [9.17, 15) is 5.26 Å². The van der Waals surface area contributed by atoms with Gasteiger partial charge in [0.05, 0.1) is 58.2 Å². The summed E-state index contributed by atoms with van der Waals surface area (Å²) < 4.78 is 4.64. The van der Waals surface area contributed by atoms with Crippen molar-refractivity contribution in [1.29, 1.82) is 5.26 Å². The molecular formula is C76H66N8. The van der Waals surface area contributed by atoms with Crippen LogP contribution in [0.3, 0.4) is 0 Å². The van der Waals surface area contributed by atoms with E-state index in [-0.39, 0.29) is 21.7 Å². The third kappa shape index (κ3) is 9.86. The second kappa shape index (κ2) is 20.2. The van der Waals surface area contributed by atoms with Gasteiger partial charge in [0.1, 0.15) is 0 Å². The van der Waals surface area contributed by atoms with E-state index in [2.05, 4.69) is 248 Å². The predicted octanol–water partition coefficient (Wildman–Crippen LogP) is 20.6. The quantitative estimate of drug-likeness (QED) is 0.149. The number of nitriles is 1. The van der Waals surface area contributed by atoms with Gasteiger partial charge < -0.3 is 9.13 Å². The maximum Gasteiger partial charge on any atom is 0.188 e. The van der Waals surface area contributed by atoms with Gasteiger partial charge in [-0.3, -0.25) is 0 Å². The summed E-state index contributed by atoms with van der Waals surface area (Å²) in [5, 5.41) is 14.2. The maximum absolute atomic E-state index is 10.2. The number of nitrogens with zero attached hydrogens (tertiary/aromatic N) is 8. The zero-order chi connectivity index (χ0) is 59.2. The van der Waals surface area contributed by atoms with Crippen molar-refractivity contribution in [3.05, 3.63) is 233 Å². The summed E-state index contributed by atoms with van der Waals surface area (Å²) >= 11 is 0. The van der Waals surface area contributed by atoms with Crippen LogP contribution >= 0.6 is 0 Å². The molecule has 0 spiro atoms. The highest BCUT2D eigenvalue weighted by atomic mass is 15.0. The molecule has 8 heteroatoms. The number of hydrogen-bond donors (Lipinski definition) is 0. The Bertz CT molecular complexity index is 4650. The van der Waals surface area contributed by atoms with Crippen LogP contribution in [0.5, 0.6) is 0 Å². The first-order chi connectivity index (χ1) is 40.0. The summed E-state index contributed by atoms with van der Waals surface area (Å²) in [6, 6.07) is 65.7. The normalized spacial score (nSPS) is 12.2. The smallest absolute Gasteiger partial charge is 0.188 e. The van der Waals surface area contributed by atoms with Crippen molar-refractivity contribution < 1.29 is 0 Å². The SMILES string of the molecule is [C-]#[N+]c1cccc(-c2ccc(-c3cc(-c4nc(-c5cc(C(C)(C)C)cc(C(C)(C)C)c5)nc(-c5cc(C(C)(C)C)cc(C(C)(C)C)c5)n4)ccc3-n3c4ccccc4c4cc(C#N)ccc43)c(-n3c4ccccc4c4cc([N+]#[C-])ccc43)c2)c1. The predicted molar refractivity (Wildman–Crippen MR) is 348 cm³/mol. The molecule has 0 aliphatic rings. The van der Waals surface area contributed by atoms with Crippen LogP contribution in [-0.4, -0.2) is 24.1 Å². The van der Waals surface area contributed by atoms with Gasteiger partial charge in [0.15, 0.2) is 28.8 Å². The molecule has 8 nitrogen and oxygen atoms in total. The molecule has 410 valence electrons. The van der Waals surface area contributed by atoms with Crippen molar-refractivity contribution in [3.8, 4) is 73.9 Å². The lowest BCUT2D eigenvalue weighted by Gasteiger charge is -2.26. The second-order valence-corrected chi connectivity index (χ2v) is 26.4. The van der Waals surface area contributed by atoms with E-state index in [1.165, 1.54) is 22.3 Å². The Morgan fingerprint density at radius 1 is 0.357 bits per heavy atom. The van der Waals surface area contributed by atoms with Gasteiger partial charge in [0.2, 0.25) is 0 Å². The van der Waals surface area contributed by atoms with Crippen molar-refractivity contribution in [3.63, 3.8) is 0 Å². The van der Waals surface area contributed by atoms with Gasteiger partial charge in [0, 0.05) is 44.0 Å². The maximum atomic E-state index is 10.2. The van der Waals surface area contributed by atoms with Gasteiger partial charge >= 0.3 is 0 Å². The lowest BCUT2D eigenvalue weighted by atomic mass is 9.79. The fraction of sp³-hybridized carbons (Fsp3) is 0.211. The van der Waals surface area contributed by atoms with Crippen molar-refractivity contribution >= 4 is 55.0 Å². The molecule has 0 aliphatic heterocycles. The first kappa shape index (κ1) is 54.6. The molecule has 3 aromatic heterocycles. The van der Waals surface area contributed by atoms with E-state index in [1.807, 2.05) is 42.5 Å². The molecular weight excluding hydrogens is 1020 g/mol. The lowest BCUT2D eigenvalue weighted by molar-refractivity contribution is 0.568. The molecule has 0 amide bonds. The van der Waals surface area contributed by atoms with Gasteiger partial charge in [-0.2, -0.15) is 5.26 Å². The molecule has 12 aromatic rings. The molecule has 0 radical (unpaired) electrons. The third-order valence-electron chi connectivity index (χ3n) is 16.4. The number of hydrogen-bond acceptors (Lipinski definition) is 4. The van der Waals surface area contributed by atoms with E-state index in [1.54, 1.807) is 0 Å². The Balaban J connectivity index is 1.22. The highest BCUT2D eigenvalue weighted by Gasteiger charge is 2.28. The minimum atomic E-state index is -0.159.